The van der Waals surface area contributed by atoms with Gasteiger partial charge in [-0.3, -0.25) is 4.79 Å². The van der Waals surface area contributed by atoms with Gasteiger partial charge in [0.25, 0.3) is 5.91 Å². The van der Waals surface area contributed by atoms with Crippen molar-refractivity contribution in [2.75, 3.05) is 11.9 Å². The van der Waals surface area contributed by atoms with E-state index in [1.54, 1.807) is 39.0 Å². The molecule has 0 spiro atoms. The standard InChI is InChI=1S/C19H25N3O3S/c1-5-20-18(23)15-8-6-14(7-9-15)12-21-16-10-11-17(22-13-16)26(24,25)19(2,3)4/h6-11,13,21H,5,12H2,1-4H3,(H,20,23). The van der Waals surface area contributed by atoms with Gasteiger partial charge >= 0.3 is 0 Å². The number of carbonyl (C=O) groups excluding carboxylic acids is 1. The summed E-state index contributed by atoms with van der Waals surface area (Å²) in [5, 5.41) is 6.02. The van der Waals surface area contributed by atoms with Crippen LogP contribution in [0.3, 0.4) is 0 Å². The Labute approximate surface area is 155 Å². The van der Waals surface area contributed by atoms with Gasteiger partial charge in [0.1, 0.15) is 0 Å². The second-order valence-electron chi connectivity index (χ2n) is 6.91. The smallest absolute Gasteiger partial charge is 0.251 e. The fraction of sp³-hybridized carbons (Fsp3) is 0.368. The summed E-state index contributed by atoms with van der Waals surface area (Å²) in [6.07, 6.45) is 1.52. The second kappa shape index (κ2) is 7.86. The molecule has 2 aromatic rings. The fourth-order valence-corrected chi connectivity index (χ4v) is 3.26. The molecule has 0 aliphatic rings. The molecule has 0 saturated carbocycles. The first-order valence-electron chi connectivity index (χ1n) is 8.47. The van der Waals surface area contributed by atoms with Crippen molar-refractivity contribution in [3.63, 3.8) is 0 Å². The van der Waals surface area contributed by atoms with Crippen LogP contribution in [0.5, 0.6) is 0 Å². The number of nitrogens with one attached hydrogen (secondary N) is 2. The van der Waals surface area contributed by atoms with Crippen molar-refractivity contribution >= 4 is 21.4 Å². The molecule has 1 amide bonds. The highest BCUT2D eigenvalue weighted by Gasteiger charge is 2.31. The molecule has 0 bridgehead atoms. The maximum Gasteiger partial charge on any atom is 0.251 e. The molecule has 6 nitrogen and oxygen atoms in total. The molecule has 0 unspecified atom stereocenters. The van der Waals surface area contributed by atoms with E-state index < -0.39 is 14.6 Å². The number of benzene rings is 1. The summed E-state index contributed by atoms with van der Waals surface area (Å²) in [7, 11) is -3.45. The zero-order valence-corrected chi connectivity index (χ0v) is 16.4. The normalized spacial score (nSPS) is 11.8. The highest BCUT2D eigenvalue weighted by Crippen LogP contribution is 2.23. The summed E-state index contributed by atoms with van der Waals surface area (Å²) in [6, 6.07) is 10.5. The van der Waals surface area contributed by atoms with E-state index >= 15 is 0 Å². The van der Waals surface area contributed by atoms with Crippen molar-refractivity contribution in [2.24, 2.45) is 0 Å². The van der Waals surface area contributed by atoms with E-state index in [0.717, 1.165) is 11.3 Å². The minimum atomic E-state index is -3.45. The summed E-state index contributed by atoms with van der Waals surface area (Å²) in [4.78, 5) is 15.8. The van der Waals surface area contributed by atoms with Gasteiger partial charge in [0.15, 0.2) is 14.9 Å². The van der Waals surface area contributed by atoms with Crippen LogP contribution >= 0.6 is 0 Å². The van der Waals surface area contributed by atoms with Gasteiger partial charge in [-0.05, 0) is 57.5 Å². The summed E-state index contributed by atoms with van der Waals surface area (Å²) >= 11 is 0. The quantitative estimate of drug-likeness (QED) is 0.810. The Bertz CT molecular complexity index is 852. The SMILES string of the molecule is CCNC(=O)c1ccc(CNc2ccc(S(=O)(=O)C(C)(C)C)nc2)cc1. The molecule has 2 N–H and O–H groups in total. The predicted octanol–water partition coefficient (Wildman–Crippen LogP) is 3.02. The number of pyridine rings is 1. The molecule has 1 aromatic heterocycles. The third-order valence-corrected chi connectivity index (χ3v) is 6.27. The van der Waals surface area contributed by atoms with Crippen molar-refractivity contribution in [1.82, 2.24) is 10.3 Å². The minimum absolute atomic E-state index is 0.0711. The van der Waals surface area contributed by atoms with Crippen molar-refractivity contribution in [1.29, 1.82) is 0 Å². The van der Waals surface area contributed by atoms with Crippen molar-refractivity contribution in [3.8, 4) is 0 Å². The third-order valence-electron chi connectivity index (χ3n) is 3.87. The van der Waals surface area contributed by atoms with Crippen LogP contribution in [0.4, 0.5) is 5.69 Å². The number of nitrogens with zero attached hydrogens (tertiary/aromatic N) is 1. The van der Waals surface area contributed by atoms with E-state index in [0.29, 0.717) is 18.7 Å². The summed E-state index contributed by atoms with van der Waals surface area (Å²) in [5.74, 6) is -0.0909. The predicted molar refractivity (Wildman–Crippen MR) is 103 cm³/mol. The van der Waals surface area contributed by atoms with Gasteiger partial charge in [0.2, 0.25) is 0 Å². The van der Waals surface area contributed by atoms with E-state index in [9.17, 15) is 13.2 Å². The Hall–Kier alpha value is -2.41. The molecule has 1 aromatic carbocycles. The van der Waals surface area contributed by atoms with Gasteiger partial charge in [-0.15, -0.1) is 0 Å². The third kappa shape index (κ3) is 4.60. The van der Waals surface area contributed by atoms with Gasteiger partial charge in [0, 0.05) is 18.7 Å². The first-order chi connectivity index (χ1) is 12.1. The largest absolute Gasteiger partial charge is 0.380 e. The van der Waals surface area contributed by atoms with Crippen LogP contribution in [0.1, 0.15) is 43.6 Å². The van der Waals surface area contributed by atoms with Gasteiger partial charge in [-0.1, -0.05) is 12.1 Å². The highest BCUT2D eigenvalue weighted by atomic mass is 32.2. The van der Waals surface area contributed by atoms with Crippen LogP contribution in [-0.2, 0) is 16.4 Å². The van der Waals surface area contributed by atoms with Crippen molar-refractivity contribution < 1.29 is 13.2 Å². The number of amides is 1. The van der Waals surface area contributed by atoms with Crippen LogP contribution in [-0.4, -0.2) is 30.6 Å². The fourth-order valence-electron chi connectivity index (χ4n) is 2.20. The number of hydrogen-bond acceptors (Lipinski definition) is 5. The lowest BCUT2D eigenvalue weighted by atomic mass is 10.1. The average molecular weight is 375 g/mol. The zero-order chi connectivity index (χ0) is 19.4. The number of carbonyl (C=O) groups is 1. The van der Waals surface area contributed by atoms with Crippen LogP contribution < -0.4 is 10.6 Å². The molecular formula is C19H25N3O3S. The van der Waals surface area contributed by atoms with E-state index in [-0.39, 0.29) is 10.9 Å². The Morgan fingerprint density at radius 3 is 2.23 bits per heavy atom. The van der Waals surface area contributed by atoms with Gasteiger partial charge < -0.3 is 10.6 Å². The number of hydrogen-bond donors (Lipinski definition) is 2. The monoisotopic (exact) mass is 375 g/mol. The molecule has 0 radical (unpaired) electrons. The van der Waals surface area contributed by atoms with E-state index in [4.69, 9.17) is 0 Å². The van der Waals surface area contributed by atoms with Crippen LogP contribution in [0, 0.1) is 0 Å². The van der Waals surface area contributed by atoms with Crippen LogP contribution in [0.15, 0.2) is 47.6 Å². The van der Waals surface area contributed by atoms with E-state index in [1.165, 1.54) is 12.3 Å². The number of sulfone groups is 1. The Morgan fingerprint density at radius 1 is 1.08 bits per heavy atom. The lowest BCUT2D eigenvalue weighted by Crippen LogP contribution is -2.28. The molecule has 0 fully saturated rings. The lowest BCUT2D eigenvalue weighted by molar-refractivity contribution is 0.0956. The topological polar surface area (TPSA) is 88.2 Å². The lowest BCUT2D eigenvalue weighted by Gasteiger charge is -2.18. The molecule has 0 atom stereocenters. The Balaban J connectivity index is 2.01. The van der Waals surface area contributed by atoms with Crippen molar-refractivity contribution in [3.05, 3.63) is 53.7 Å². The molecule has 0 aliphatic heterocycles. The Morgan fingerprint density at radius 2 is 1.73 bits per heavy atom. The maximum atomic E-state index is 12.4. The highest BCUT2D eigenvalue weighted by molar-refractivity contribution is 7.92. The van der Waals surface area contributed by atoms with Gasteiger partial charge in [-0.25, -0.2) is 13.4 Å². The van der Waals surface area contributed by atoms with Crippen LogP contribution in [0.25, 0.3) is 0 Å². The van der Waals surface area contributed by atoms with E-state index in [1.807, 2.05) is 19.1 Å². The van der Waals surface area contributed by atoms with Gasteiger partial charge in [-0.2, -0.15) is 0 Å². The number of aromatic nitrogens is 1. The van der Waals surface area contributed by atoms with Crippen LogP contribution in [0.2, 0.25) is 0 Å². The Kier molecular flexibility index (Phi) is 6.02. The molecular weight excluding hydrogens is 350 g/mol. The zero-order valence-electron chi connectivity index (χ0n) is 15.5. The molecule has 0 aliphatic carbocycles. The summed E-state index contributed by atoms with van der Waals surface area (Å²) in [5.41, 5.74) is 2.35. The summed E-state index contributed by atoms with van der Waals surface area (Å²) < 4.78 is 23.8. The molecule has 7 heteroatoms. The molecule has 0 saturated heterocycles. The molecule has 1 heterocycles. The molecule has 26 heavy (non-hydrogen) atoms. The van der Waals surface area contributed by atoms with Crippen molar-refractivity contribution in [2.45, 2.75) is 44.0 Å². The summed E-state index contributed by atoms with van der Waals surface area (Å²) in [6.45, 7) is 7.98. The average Bonchev–Trinajstić information content (AvgIpc) is 2.60. The number of anilines is 1. The van der Waals surface area contributed by atoms with Gasteiger partial charge in [0.05, 0.1) is 16.6 Å². The molecule has 2 rings (SSSR count). The van der Waals surface area contributed by atoms with E-state index in [2.05, 4.69) is 15.6 Å². The minimum Gasteiger partial charge on any atom is -0.380 e. The second-order valence-corrected chi connectivity index (χ2v) is 9.56. The maximum absolute atomic E-state index is 12.4. The molecule has 140 valence electrons. The first-order valence-corrected chi connectivity index (χ1v) is 9.95. The first kappa shape index (κ1) is 19.9. The number of rotatable bonds is 6.